The smallest absolute Gasteiger partial charge is 0.164 e. The standard InChI is InChI=1S/C55H32N4O/c1-2-14-35(15-3-1)53-56-54(39-25-26-42-38(28-39)23-22-33-12-6-8-18-41(33)42)58-55(57-53)47-31-40(32-50-51(47)45-27-24-34-13-7-9-19-43(34)52(45)60-50)59-48-21-11-10-20-44(48)46-29-36-16-4-5-17-37(36)30-49(46)59/h1-32H. The number of rotatable bonds is 4. The second-order valence-corrected chi connectivity index (χ2v) is 15.6. The SMILES string of the molecule is c1ccc(-c2nc(-c3ccc4c(ccc5ccccc54)c3)nc(-c3cc(-n4c5ccccc5c5cc6ccccc6cc54)cc4oc5c6ccccc6ccc5c34)n2)cc1. The predicted octanol–water partition coefficient (Wildman–Crippen LogP) is 14.5. The Kier molecular flexibility index (Phi) is 6.95. The van der Waals surface area contributed by atoms with E-state index in [2.05, 4.69) is 180 Å². The number of benzene rings is 10. The monoisotopic (exact) mass is 764 g/mol. The van der Waals surface area contributed by atoms with Crippen LogP contribution in [0.2, 0.25) is 0 Å². The van der Waals surface area contributed by atoms with E-state index in [1.165, 1.54) is 37.7 Å². The van der Waals surface area contributed by atoms with Gasteiger partial charge in [-0.3, -0.25) is 0 Å². The van der Waals surface area contributed by atoms with Crippen LogP contribution in [0.3, 0.4) is 0 Å². The van der Waals surface area contributed by atoms with Gasteiger partial charge in [-0.05, 0) is 74.1 Å². The molecule has 3 aromatic heterocycles. The van der Waals surface area contributed by atoms with Crippen LogP contribution in [0.4, 0.5) is 0 Å². The zero-order valence-electron chi connectivity index (χ0n) is 32.2. The van der Waals surface area contributed by atoms with E-state index < -0.39 is 0 Å². The van der Waals surface area contributed by atoms with Gasteiger partial charge >= 0.3 is 0 Å². The quantitative estimate of drug-likeness (QED) is 0.167. The minimum atomic E-state index is 0.575. The van der Waals surface area contributed by atoms with Gasteiger partial charge in [0, 0.05) is 49.7 Å². The second-order valence-electron chi connectivity index (χ2n) is 15.6. The van der Waals surface area contributed by atoms with Crippen LogP contribution in [-0.4, -0.2) is 19.5 Å². The minimum absolute atomic E-state index is 0.575. The highest BCUT2D eigenvalue weighted by molar-refractivity contribution is 6.20. The van der Waals surface area contributed by atoms with Crippen LogP contribution in [0.5, 0.6) is 0 Å². The highest BCUT2D eigenvalue weighted by Crippen LogP contribution is 2.43. The summed E-state index contributed by atoms with van der Waals surface area (Å²) in [6.07, 6.45) is 0. The molecule has 0 fully saturated rings. The number of aromatic nitrogens is 4. The van der Waals surface area contributed by atoms with E-state index in [1.54, 1.807) is 0 Å². The van der Waals surface area contributed by atoms with E-state index in [0.717, 1.165) is 71.5 Å². The Balaban J connectivity index is 1.13. The minimum Gasteiger partial charge on any atom is -0.455 e. The van der Waals surface area contributed by atoms with Crippen molar-refractivity contribution in [3.63, 3.8) is 0 Å². The normalized spacial score (nSPS) is 12.0. The van der Waals surface area contributed by atoms with Crippen molar-refractivity contribution in [3.05, 3.63) is 194 Å². The maximum Gasteiger partial charge on any atom is 0.164 e. The van der Waals surface area contributed by atoms with Crippen molar-refractivity contribution in [3.8, 4) is 39.9 Å². The number of nitrogens with zero attached hydrogens (tertiary/aromatic N) is 4. The summed E-state index contributed by atoms with van der Waals surface area (Å²) >= 11 is 0. The molecule has 0 atom stereocenters. The van der Waals surface area contributed by atoms with E-state index in [1.807, 2.05) is 18.2 Å². The Morgan fingerprint density at radius 3 is 1.78 bits per heavy atom. The molecule has 13 rings (SSSR count). The van der Waals surface area contributed by atoms with Gasteiger partial charge in [-0.25, -0.2) is 15.0 Å². The maximum atomic E-state index is 6.99. The second kappa shape index (κ2) is 12.7. The third-order valence-corrected chi connectivity index (χ3v) is 12.2. The van der Waals surface area contributed by atoms with Gasteiger partial charge in [0.25, 0.3) is 0 Å². The molecule has 0 radical (unpaired) electrons. The number of hydrogen-bond acceptors (Lipinski definition) is 4. The Labute approximate surface area is 343 Å². The fraction of sp³-hybridized carbons (Fsp3) is 0. The Morgan fingerprint density at radius 1 is 0.350 bits per heavy atom. The summed E-state index contributed by atoms with van der Waals surface area (Å²) in [6, 6.07) is 68.6. The first kappa shape index (κ1) is 32.9. The molecule has 5 heteroatoms. The number of hydrogen-bond donors (Lipinski definition) is 0. The van der Waals surface area contributed by atoms with Gasteiger partial charge in [0.2, 0.25) is 0 Å². The molecule has 0 saturated heterocycles. The summed E-state index contributed by atoms with van der Waals surface area (Å²) in [4.78, 5) is 15.9. The molecule has 5 nitrogen and oxygen atoms in total. The van der Waals surface area contributed by atoms with Gasteiger partial charge in [0.1, 0.15) is 11.2 Å². The Morgan fingerprint density at radius 2 is 0.950 bits per heavy atom. The molecule has 10 aromatic carbocycles. The fourth-order valence-electron chi connectivity index (χ4n) is 9.35. The summed E-state index contributed by atoms with van der Waals surface area (Å²) in [6.45, 7) is 0. The Bertz CT molecular complexity index is 3900. The molecule has 0 spiro atoms. The summed E-state index contributed by atoms with van der Waals surface area (Å²) in [7, 11) is 0. The average Bonchev–Trinajstić information content (AvgIpc) is 3.86. The summed E-state index contributed by atoms with van der Waals surface area (Å²) in [5.41, 5.74) is 7.50. The molecule has 0 aliphatic rings. The molecule has 0 N–H and O–H groups in total. The van der Waals surface area contributed by atoms with Crippen molar-refractivity contribution >= 4 is 86.8 Å². The van der Waals surface area contributed by atoms with Gasteiger partial charge in [0.05, 0.1) is 16.7 Å². The molecule has 0 saturated carbocycles. The zero-order valence-corrected chi connectivity index (χ0v) is 32.2. The molecule has 0 unspecified atom stereocenters. The van der Waals surface area contributed by atoms with Crippen molar-refractivity contribution in [1.82, 2.24) is 19.5 Å². The van der Waals surface area contributed by atoms with Crippen LogP contribution < -0.4 is 0 Å². The van der Waals surface area contributed by atoms with E-state index >= 15 is 0 Å². The van der Waals surface area contributed by atoms with Crippen molar-refractivity contribution in [2.75, 3.05) is 0 Å². The maximum absolute atomic E-state index is 6.99. The van der Waals surface area contributed by atoms with Crippen molar-refractivity contribution < 1.29 is 4.42 Å². The topological polar surface area (TPSA) is 56.7 Å². The highest BCUT2D eigenvalue weighted by atomic mass is 16.3. The van der Waals surface area contributed by atoms with Crippen molar-refractivity contribution in [2.45, 2.75) is 0 Å². The number of furan rings is 1. The lowest BCUT2D eigenvalue weighted by Crippen LogP contribution is -2.02. The van der Waals surface area contributed by atoms with Crippen LogP contribution in [0, 0.1) is 0 Å². The Hall–Kier alpha value is -8.15. The predicted molar refractivity (Wildman–Crippen MR) is 248 cm³/mol. The van der Waals surface area contributed by atoms with Gasteiger partial charge in [0.15, 0.2) is 17.5 Å². The fourth-order valence-corrected chi connectivity index (χ4v) is 9.35. The van der Waals surface area contributed by atoms with Crippen molar-refractivity contribution in [2.24, 2.45) is 0 Å². The molecular weight excluding hydrogens is 733 g/mol. The summed E-state index contributed by atoms with van der Waals surface area (Å²) in [5.74, 6) is 1.79. The lowest BCUT2D eigenvalue weighted by molar-refractivity contribution is 0.672. The first-order valence-electron chi connectivity index (χ1n) is 20.3. The van der Waals surface area contributed by atoms with Crippen LogP contribution in [0.15, 0.2) is 199 Å². The third kappa shape index (κ3) is 4.96. The molecule has 3 heterocycles. The molecule has 0 aliphatic carbocycles. The highest BCUT2D eigenvalue weighted by Gasteiger charge is 2.23. The van der Waals surface area contributed by atoms with Gasteiger partial charge < -0.3 is 8.98 Å². The van der Waals surface area contributed by atoms with Crippen molar-refractivity contribution in [1.29, 1.82) is 0 Å². The van der Waals surface area contributed by atoms with E-state index in [0.29, 0.717) is 17.5 Å². The summed E-state index contributed by atoms with van der Waals surface area (Å²) < 4.78 is 9.35. The molecule has 0 amide bonds. The molecule has 60 heavy (non-hydrogen) atoms. The molecule has 278 valence electrons. The lowest BCUT2D eigenvalue weighted by atomic mass is 10.00. The first-order chi connectivity index (χ1) is 29.7. The van der Waals surface area contributed by atoms with Gasteiger partial charge in [-0.2, -0.15) is 0 Å². The van der Waals surface area contributed by atoms with E-state index in [4.69, 9.17) is 19.4 Å². The van der Waals surface area contributed by atoms with Gasteiger partial charge in [-0.15, -0.1) is 0 Å². The third-order valence-electron chi connectivity index (χ3n) is 12.2. The molecule has 0 aliphatic heterocycles. The summed E-state index contributed by atoms with van der Waals surface area (Å²) in [5, 5.41) is 13.7. The zero-order chi connectivity index (χ0) is 39.3. The van der Waals surface area contributed by atoms with E-state index in [-0.39, 0.29) is 0 Å². The van der Waals surface area contributed by atoms with Crippen LogP contribution in [-0.2, 0) is 0 Å². The van der Waals surface area contributed by atoms with Gasteiger partial charge in [-0.1, -0.05) is 152 Å². The molecular formula is C55H32N4O. The largest absolute Gasteiger partial charge is 0.455 e. The van der Waals surface area contributed by atoms with Crippen LogP contribution in [0.25, 0.3) is 127 Å². The van der Waals surface area contributed by atoms with E-state index in [9.17, 15) is 0 Å². The lowest BCUT2D eigenvalue weighted by Gasteiger charge is -2.13. The molecule has 0 bridgehead atoms. The van der Waals surface area contributed by atoms with Crippen LogP contribution >= 0.6 is 0 Å². The number of fused-ring (bicyclic) bond motifs is 12. The molecule has 13 aromatic rings. The number of para-hydroxylation sites is 1. The van der Waals surface area contributed by atoms with Crippen LogP contribution in [0.1, 0.15) is 0 Å². The first-order valence-corrected chi connectivity index (χ1v) is 20.3. The average molecular weight is 765 g/mol.